The lowest BCUT2D eigenvalue weighted by Crippen LogP contribution is -2.56. The van der Waals surface area contributed by atoms with E-state index in [4.69, 9.17) is 4.74 Å². The number of piperidine rings is 1. The van der Waals surface area contributed by atoms with E-state index in [9.17, 15) is 18.0 Å². The Morgan fingerprint density at radius 3 is 2.34 bits per heavy atom. The van der Waals surface area contributed by atoms with E-state index < -0.39 is 17.4 Å². The van der Waals surface area contributed by atoms with Crippen molar-refractivity contribution < 1.29 is 22.7 Å². The van der Waals surface area contributed by atoms with Crippen molar-refractivity contribution in [3.63, 3.8) is 0 Å². The summed E-state index contributed by atoms with van der Waals surface area (Å²) in [5.41, 5.74) is 1.15. The normalized spacial score (nSPS) is 18.8. The Balaban J connectivity index is 1.53. The quantitative estimate of drug-likeness (QED) is 0.683. The Morgan fingerprint density at radius 1 is 1.06 bits per heavy atom. The summed E-state index contributed by atoms with van der Waals surface area (Å²) >= 11 is 0. The van der Waals surface area contributed by atoms with Crippen LogP contribution in [0.2, 0.25) is 0 Å². The number of fused-ring (bicyclic) bond motifs is 2. The lowest BCUT2D eigenvalue weighted by molar-refractivity contribution is -0.144. The number of carbonyl (C=O) groups is 1. The van der Waals surface area contributed by atoms with Crippen molar-refractivity contribution in [1.29, 1.82) is 0 Å². The molecule has 1 amide bonds. The first-order chi connectivity index (χ1) is 15.0. The third kappa shape index (κ3) is 3.89. The summed E-state index contributed by atoms with van der Waals surface area (Å²) < 4.78 is 47.5. The first-order valence-electron chi connectivity index (χ1n) is 11.1. The number of aryl methyl sites for hydroxylation is 1. The molecule has 0 aliphatic carbocycles. The minimum Gasteiger partial charge on any atom is -0.491 e. The highest BCUT2D eigenvalue weighted by Crippen LogP contribution is 2.44. The van der Waals surface area contributed by atoms with E-state index in [0.717, 1.165) is 11.3 Å². The number of ether oxygens (including phenoxy) is 1. The maximum atomic E-state index is 13.5. The van der Waals surface area contributed by atoms with Crippen LogP contribution in [0.4, 0.5) is 13.2 Å². The Labute approximate surface area is 186 Å². The van der Waals surface area contributed by atoms with Gasteiger partial charge in [0.05, 0.1) is 11.6 Å². The number of amides is 1. The molecule has 1 fully saturated rings. The van der Waals surface area contributed by atoms with Gasteiger partial charge >= 0.3 is 6.18 Å². The molecule has 32 heavy (non-hydrogen) atoms. The molecule has 0 atom stereocenters. The number of carbonyl (C=O) groups excluding carboxylic acids is 1. The number of rotatable bonds is 3. The third-order valence-electron chi connectivity index (χ3n) is 6.80. The Hall–Kier alpha value is -2.48. The number of aromatic nitrogens is 1. The highest BCUT2D eigenvalue weighted by atomic mass is 19.4. The first-order valence-corrected chi connectivity index (χ1v) is 11.1. The van der Waals surface area contributed by atoms with Crippen LogP contribution < -0.4 is 4.74 Å². The summed E-state index contributed by atoms with van der Waals surface area (Å²) in [4.78, 5) is 17.1. The number of nitrogens with zero attached hydrogens (tertiary/aromatic N) is 3. The summed E-state index contributed by atoms with van der Waals surface area (Å²) in [5, 5.41) is 0. The van der Waals surface area contributed by atoms with Crippen LogP contribution in [0.25, 0.3) is 0 Å². The van der Waals surface area contributed by atoms with Gasteiger partial charge in [-0.3, -0.25) is 9.69 Å². The molecule has 2 aromatic rings. The van der Waals surface area contributed by atoms with Crippen molar-refractivity contribution in [2.24, 2.45) is 0 Å². The topological polar surface area (TPSA) is 37.7 Å². The second-order valence-corrected chi connectivity index (χ2v) is 9.15. The van der Waals surface area contributed by atoms with Gasteiger partial charge in [0.2, 0.25) is 0 Å². The standard InChI is InChI=1S/C24H30F3N3O2/c1-16(2)32-19-6-5-18(15-17(19)3)22(31)29-11-9-23(10-12-29)20-7-8-21(24(25,26)27)30(20)14-13-28(23)4/h5-8,15-16H,9-14H2,1-4H3. The van der Waals surface area contributed by atoms with Crippen LogP contribution in [-0.4, -0.2) is 53.1 Å². The van der Waals surface area contributed by atoms with Gasteiger partial charge in [-0.2, -0.15) is 13.2 Å². The largest absolute Gasteiger partial charge is 0.491 e. The van der Waals surface area contributed by atoms with E-state index in [0.29, 0.717) is 50.3 Å². The number of halogens is 3. The molecule has 0 saturated carbocycles. The Kier molecular flexibility index (Phi) is 5.77. The van der Waals surface area contributed by atoms with Crippen molar-refractivity contribution in [3.05, 3.63) is 52.8 Å². The summed E-state index contributed by atoms with van der Waals surface area (Å²) in [6.45, 7) is 7.70. The second kappa shape index (κ2) is 8.14. The fourth-order valence-electron chi connectivity index (χ4n) is 5.09. The summed E-state index contributed by atoms with van der Waals surface area (Å²) in [5.74, 6) is 0.711. The third-order valence-corrected chi connectivity index (χ3v) is 6.80. The number of likely N-dealkylation sites (N-methyl/N-ethyl adjacent to an activating group) is 1. The van der Waals surface area contributed by atoms with E-state index in [1.54, 1.807) is 12.1 Å². The highest BCUT2D eigenvalue weighted by molar-refractivity contribution is 5.94. The fourth-order valence-corrected chi connectivity index (χ4v) is 5.09. The maximum absolute atomic E-state index is 13.5. The number of benzene rings is 1. The molecule has 1 aromatic carbocycles. The number of alkyl halides is 3. The molecule has 0 radical (unpaired) electrons. The van der Waals surface area contributed by atoms with Crippen LogP contribution in [0.5, 0.6) is 5.75 Å². The zero-order valence-electron chi connectivity index (χ0n) is 19.0. The van der Waals surface area contributed by atoms with Gasteiger partial charge in [0.15, 0.2) is 0 Å². The number of hydrogen-bond acceptors (Lipinski definition) is 3. The van der Waals surface area contributed by atoms with Gasteiger partial charge in [-0.25, -0.2) is 0 Å². The molecule has 1 aromatic heterocycles. The van der Waals surface area contributed by atoms with E-state index >= 15 is 0 Å². The second-order valence-electron chi connectivity index (χ2n) is 9.15. The molecule has 0 unspecified atom stereocenters. The van der Waals surface area contributed by atoms with E-state index in [1.807, 2.05) is 44.9 Å². The number of hydrogen-bond donors (Lipinski definition) is 0. The number of likely N-dealkylation sites (tertiary alicyclic amines) is 1. The van der Waals surface area contributed by atoms with Crippen LogP contribution in [0.1, 0.15) is 54.0 Å². The monoisotopic (exact) mass is 449 g/mol. The molecule has 3 heterocycles. The van der Waals surface area contributed by atoms with E-state index in [2.05, 4.69) is 4.90 Å². The van der Waals surface area contributed by atoms with Gasteiger partial charge < -0.3 is 14.2 Å². The van der Waals surface area contributed by atoms with Gasteiger partial charge in [0.1, 0.15) is 11.4 Å². The van der Waals surface area contributed by atoms with Crippen molar-refractivity contribution >= 4 is 5.91 Å². The van der Waals surface area contributed by atoms with Crippen LogP contribution in [0.15, 0.2) is 30.3 Å². The van der Waals surface area contributed by atoms with Crippen molar-refractivity contribution in [2.75, 3.05) is 26.7 Å². The minimum atomic E-state index is -4.37. The van der Waals surface area contributed by atoms with Crippen LogP contribution in [-0.2, 0) is 18.3 Å². The average molecular weight is 450 g/mol. The molecule has 1 saturated heterocycles. The SMILES string of the molecule is Cc1cc(C(=O)N2CCC3(CC2)c2ccc(C(F)(F)F)n2CCN3C)ccc1OC(C)C. The predicted molar refractivity (Wildman–Crippen MR) is 116 cm³/mol. The van der Waals surface area contributed by atoms with Gasteiger partial charge in [-0.15, -0.1) is 0 Å². The summed E-state index contributed by atoms with van der Waals surface area (Å²) in [7, 11) is 1.97. The zero-order valence-corrected chi connectivity index (χ0v) is 19.0. The van der Waals surface area contributed by atoms with Crippen molar-refractivity contribution in [3.8, 4) is 5.75 Å². The Bertz CT molecular complexity index is 1000. The molecule has 8 heteroatoms. The minimum absolute atomic E-state index is 0.0520. The van der Waals surface area contributed by atoms with Crippen LogP contribution in [0, 0.1) is 6.92 Å². The fraction of sp³-hybridized carbons (Fsp3) is 0.542. The van der Waals surface area contributed by atoms with E-state index in [1.165, 1.54) is 10.6 Å². The van der Waals surface area contributed by atoms with Crippen molar-refractivity contribution in [1.82, 2.24) is 14.4 Å². The van der Waals surface area contributed by atoms with Gasteiger partial charge in [-0.05, 0) is 76.6 Å². The first kappa shape index (κ1) is 22.7. The molecule has 2 aliphatic heterocycles. The van der Waals surface area contributed by atoms with Crippen molar-refractivity contribution in [2.45, 2.75) is 58.0 Å². The molecule has 0 N–H and O–H groups in total. The van der Waals surface area contributed by atoms with Crippen LogP contribution >= 0.6 is 0 Å². The molecule has 0 bridgehead atoms. The van der Waals surface area contributed by atoms with E-state index in [-0.39, 0.29) is 12.0 Å². The van der Waals surface area contributed by atoms with Gasteiger partial charge in [-0.1, -0.05) is 0 Å². The maximum Gasteiger partial charge on any atom is 0.431 e. The molecular weight excluding hydrogens is 419 g/mol. The van der Waals surface area contributed by atoms with Crippen LogP contribution in [0.3, 0.4) is 0 Å². The lowest BCUT2D eigenvalue weighted by Gasteiger charge is -2.50. The summed E-state index contributed by atoms with van der Waals surface area (Å²) in [6, 6.07) is 8.27. The predicted octanol–water partition coefficient (Wildman–Crippen LogP) is 4.68. The molecule has 2 aliphatic rings. The molecule has 5 nitrogen and oxygen atoms in total. The molecular formula is C24H30F3N3O2. The Morgan fingerprint density at radius 2 is 1.75 bits per heavy atom. The lowest BCUT2D eigenvalue weighted by atomic mass is 9.81. The average Bonchev–Trinajstić information content (AvgIpc) is 3.18. The highest BCUT2D eigenvalue weighted by Gasteiger charge is 2.47. The molecule has 174 valence electrons. The van der Waals surface area contributed by atoms with Gasteiger partial charge in [0, 0.05) is 37.4 Å². The van der Waals surface area contributed by atoms with Gasteiger partial charge in [0.25, 0.3) is 5.91 Å². The molecule has 1 spiro atoms. The smallest absolute Gasteiger partial charge is 0.431 e. The summed E-state index contributed by atoms with van der Waals surface area (Å²) in [6.07, 6.45) is -3.11. The molecule has 4 rings (SSSR count). The zero-order chi connectivity index (χ0) is 23.3.